The molecule has 5 nitrogen and oxygen atoms in total. The van der Waals surface area contributed by atoms with Gasteiger partial charge in [0.25, 0.3) is 0 Å². The molecule has 1 aliphatic heterocycles. The van der Waals surface area contributed by atoms with E-state index in [1.807, 2.05) is 28.3 Å². The lowest BCUT2D eigenvalue weighted by molar-refractivity contribution is -0.116. The van der Waals surface area contributed by atoms with Crippen molar-refractivity contribution in [2.75, 3.05) is 5.32 Å². The fraction of sp³-hybridized carbons (Fsp3) is 0.250. The summed E-state index contributed by atoms with van der Waals surface area (Å²) in [4.78, 5) is 18.4. The number of hydrogen-bond acceptors (Lipinski definition) is 6. The van der Waals surface area contributed by atoms with Crippen molar-refractivity contribution in [3.05, 3.63) is 69.3 Å². The van der Waals surface area contributed by atoms with Gasteiger partial charge in [-0.2, -0.15) is 4.98 Å². The molecular weight excluding hydrogens is 395 g/mol. The summed E-state index contributed by atoms with van der Waals surface area (Å²) in [5, 5.41) is 10.6. The van der Waals surface area contributed by atoms with Gasteiger partial charge in [-0.25, -0.2) is 9.07 Å². The van der Waals surface area contributed by atoms with Crippen molar-refractivity contribution in [2.24, 2.45) is 0 Å². The van der Waals surface area contributed by atoms with Gasteiger partial charge in [0.05, 0.1) is 0 Å². The minimum Gasteiger partial charge on any atom is -0.328 e. The molecule has 3 aromatic rings. The molecule has 0 spiro atoms. The molecule has 1 N–H and O–H groups in total. The van der Waals surface area contributed by atoms with Crippen LogP contribution in [0.4, 0.5) is 10.3 Å². The Morgan fingerprint density at radius 2 is 2.21 bits per heavy atom. The van der Waals surface area contributed by atoms with Gasteiger partial charge in [0, 0.05) is 28.3 Å². The highest BCUT2D eigenvalue weighted by Gasteiger charge is 2.37. The number of thioether (sulfide) groups is 1. The Morgan fingerprint density at radius 3 is 3.04 bits per heavy atom. The molecule has 0 saturated heterocycles. The third kappa shape index (κ3) is 3.16. The van der Waals surface area contributed by atoms with Gasteiger partial charge in [0.2, 0.25) is 11.1 Å². The molecule has 0 bridgehead atoms. The normalized spacial score (nSPS) is 18.6. The highest BCUT2D eigenvalue weighted by Crippen LogP contribution is 2.41. The molecule has 1 atom stereocenters. The van der Waals surface area contributed by atoms with Crippen molar-refractivity contribution in [2.45, 2.75) is 36.2 Å². The van der Waals surface area contributed by atoms with E-state index in [4.69, 9.17) is 0 Å². The minimum atomic E-state index is -0.245. The number of thiophene rings is 1. The predicted molar refractivity (Wildman–Crippen MR) is 108 cm³/mol. The van der Waals surface area contributed by atoms with E-state index in [2.05, 4.69) is 15.4 Å². The number of halogens is 1. The van der Waals surface area contributed by atoms with Gasteiger partial charge < -0.3 is 5.32 Å². The van der Waals surface area contributed by atoms with E-state index >= 15 is 0 Å². The molecular formula is C20H17FN4OS2. The van der Waals surface area contributed by atoms with E-state index in [-0.39, 0.29) is 17.6 Å². The molecule has 8 heteroatoms. The Hall–Kier alpha value is -2.45. The Kier molecular flexibility index (Phi) is 4.52. The first-order valence-corrected chi connectivity index (χ1v) is 11.0. The number of carbonyl (C=O) groups excluding carboxylic acids is 1. The maximum Gasteiger partial charge on any atom is 0.227 e. The zero-order valence-electron chi connectivity index (χ0n) is 14.9. The number of ketones is 1. The quantitative estimate of drug-likeness (QED) is 0.624. The van der Waals surface area contributed by atoms with E-state index in [0.29, 0.717) is 23.3 Å². The standard InChI is InChI=1S/C20H17FN4OS2/c21-13-5-1-4-12(10-13)11-28-20-23-19-22-14-6-2-7-15(26)17(14)18(25(19)24-20)16-8-3-9-27-16/h1,3-5,8-10,18H,2,6-7,11H2,(H,22,23,24). The number of nitrogens with one attached hydrogen (secondary N) is 1. The van der Waals surface area contributed by atoms with Crippen molar-refractivity contribution >= 4 is 34.8 Å². The zero-order valence-corrected chi connectivity index (χ0v) is 16.5. The molecule has 3 heterocycles. The highest BCUT2D eigenvalue weighted by molar-refractivity contribution is 7.98. The summed E-state index contributed by atoms with van der Waals surface area (Å²) in [7, 11) is 0. The second-order valence-electron chi connectivity index (χ2n) is 6.79. The van der Waals surface area contributed by atoms with E-state index in [1.54, 1.807) is 17.4 Å². The smallest absolute Gasteiger partial charge is 0.227 e. The third-order valence-electron chi connectivity index (χ3n) is 4.92. The van der Waals surface area contributed by atoms with Crippen LogP contribution in [0, 0.1) is 5.82 Å². The lowest BCUT2D eigenvalue weighted by Crippen LogP contribution is -2.31. The summed E-state index contributed by atoms with van der Waals surface area (Å²) >= 11 is 3.08. The first-order chi connectivity index (χ1) is 13.7. The molecule has 0 fully saturated rings. The topological polar surface area (TPSA) is 59.8 Å². The van der Waals surface area contributed by atoms with E-state index < -0.39 is 0 Å². The van der Waals surface area contributed by atoms with Gasteiger partial charge in [0.1, 0.15) is 11.9 Å². The Morgan fingerprint density at radius 1 is 1.29 bits per heavy atom. The van der Waals surface area contributed by atoms with Crippen LogP contribution in [0.15, 0.2) is 58.2 Å². The number of fused-ring (bicyclic) bond motifs is 1. The summed E-state index contributed by atoms with van der Waals surface area (Å²) in [5.74, 6) is 1.18. The summed E-state index contributed by atoms with van der Waals surface area (Å²) < 4.78 is 15.2. The van der Waals surface area contributed by atoms with Crippen LogP contribution < -0.4 is 5.32 Å². The summed E-state index contributed by atoms with van der Waals surface area (Å²) in [6.45, 7) is 0. The number of anilines is 1. The highest BCUT2D eigenvalue weighted by atomic mass is 32.2. The molecule has 142 valence electrons. The maximum atomic E-state index is 13.4. The van der Waals surface area contributed by atoms with E-state index in [9.17, 15) is 9.18 Å². The number of nitrogens with zero attached hydrogens (tertiary/aromatic N) is 3. The lowest BCUT2D eigenvalue weighted by atomic mass is 9.88. The fourth-order valence-corrected chi connectivity index (χ4v) is 5.27. The molecule has 28 heavy (non-hydrogen) atoms. The maximum absolute atomic E-state index is 13.4. The Bertz CT molecular complexity index is 1070. The van der Waals surface area contributed by atoms with E-state index in [0.717, 1.165) is 34.6 Å². The number of Topliss-reactive ketones (excluding diaryl/α,β-unsaturated/α-hetero) is 1. The Labute approximate surface area is 169 Å². The number of benzene rings is 1. The molecule has 1 aliphatic carbocycles. The summed E-state index contributed by atoms with van der Waals surface area (Å²) in [6, 6.07) is 10.4. The van der Waals surface area contributed by atoms with Crippen LogP contribution in [-0.2, 0) is 10.5 Å². The number of aromatic nitrogens is 3. The summed E-state index contributed by atoms with van der Waals surface area (Å²) in [5.41, 5.74) is 2.66. The van der Waals surface area contributed by atoms with Crippen LogP contribution in [0.5, 0.6) is 0 Å². The molecule has 0 saturated carbocycles. The molecule has 5 rings (SSSR count). The SMILES string of the molecule is O=C1CCCC2=C1C(c1cccs1)n1nc(SCc3cccc(F)c3)nc1N2. The van der Waals surface area contributed by atoms with Crippen LogP contribution in [0.1, 0.15) is 35.7 Å². The van der Waals surface area contributed by atoms with Crippen LogP contribution in [0.2, 0.25) is 0 Å². The third-order valence-corrected chi connectivity index (χ3v) is 6.75. The number of hydrogen-bond donors (Lipinski definition) is 1. The number of rotatable bonds is 4. The molecule has 1 aromatic carbocycles. The fourth-order valence-electron chi connectivity index (χ4n) is 3.68. The van der Waals surface area contributed by atoms with Crippen LogP contribution in [0.25, 0.3) is 0 Å². The largest absolute Gasteiger partial charge is 0.328 e. The van der Waals surface area contributed by atoms with Gasteiger partial charge in [-0.1, -0.05) is 30.0 Å². The van der Waals surface area contributed by atoms with Crippen molar-refractivity contribution in [3.8, 4) is 0 Å². The zero-order chi connectivity index (χ0) is 19.1. The monoisotopic (exact) mass is 412 g/mol. The first-order valence-electron chi connectivity index (χ1n) is 9.09. The molecule has 2 aliphatic rings. The predicted octanol–water partition coefficient (Wildman–Crippen LogP) is 4.79. The van der Waals surface area contributed by atoms with E-state index in [1.165, 1.54) is 23.9 Å². The average molecular weight is 413 g/mol. The summed E-state index contributed by atoms with van der Waals surface area (Å²) in [6.07, 6.45) is 2.28. The van der Waals surface area contributed by atoms with Crippen LogP contribution in [0.3, 0.4) is 0 Å². The van der Waals surface area contributed by atoms with Gasteiger partial charge in [-0.05, 0) is 42.0 Å². The molecule has 0 amide bonds. The van der Waals surface area contributed by atoms with Gasteiger partial charge in [-0.15, -0.1) is 16.4 Å². The number of carbonyl (C=O) groups is 1. The van der Waals surface area contributed by atoms with Crippen LogP contribution >= 0.6 is 23.1 Å². The molecule has 2 aromatic heterocycles. The second-order valence-corrected chi connectivity index (χ2v) is 8.71. The average Bonchev–Trinajstić information content (AvgIpc) is 3.34. The minimum absolute atomic E-state index is 0.183. The Balaban J connectivity index is 1.48. The van der Waals surface area contributed by atoms with Crippen molar-refractivity contribution in [1.82, 2.24) is 14.8 Å². The van der Waals surface area contributed by atoms with Gasteiger partial charge >= 0.3 is 0 Å². The van der Waals surface area contributed by atoms with Crippen molar-refractivity contribution in [1.29, 1.82) is 0 Å². The van der Waals surface area contributed by atoms with Crippen molar-refractivity contribution < 1.29 is 9.18 Å². The van der Waals surface area contributed by atoms with Crippen LogP contribution in [-0.4, -0.2) is 20.5 Å². The molecule has 0 radical (unpaired) electrons. The number of allylic oxidation sites excluding steroid dienone is 2. The van der Waals surface area contributed by atoms with Gasteiger partial charge in [0.15, 0.2) is 5.78 Å². The second kappa shape index (κ2) is 7.18. The first kappa shape index (κ1) is 17.6. The van der Waals surface area contributed by atoms with Crippen molar-refractivity contribution in [3.63, 3.8) is 0 Å². The lowest BCUT2D eigenvalue weighted by Gasteiger charge is -2.31. The van der Waals surface area contributed by atoms with Gasteiger partial charge in [-0.3, -0.25) is 4.79 Å². The molecule has 1 unspecified atom stereocenters.